The SMILES string of the molecule is COCC[n+]1cc(NC(=O)CSc2nccn2C)on1. The molecule has 0 fully saturated rings. The average molecular weight is 298 g/mol. The van der Waals surface area contributed by atoms with Crippen molar-refractivity contribution in [3.05, 3.63) is 18.6 Å². The molecule has 0 saturated heterocycles. The van der Waals surface area contributed by atoms with Crippen molar-refractivity contribution in [1.29, 1.82) is 0 Å². The third-order valence-electron chi connectivity index (χ3n) is 2.41. The Morgan fingerprint density at radius 2 is 2.50 bits per heavy atom. The minimum atomic E-state index is -0.173. The zero-order valence-electron chi connectivity index (χ0n) is 11.3. The van der Waals surface area contributed by atoms with Gasteiger partial charge in [0.05, 0.1) is 5.75 Å². The number of nitrogens with one attached hydrogen (secondary N) is 1. The standard InChI is InChI=1S/C11H15N5O3S/c1-15-4-3-12-11(15)20-8-9(17)13-10-7-16(14-19-10)5-6-18-2/h3-4,7H,5-6,8H2,1-2H3/p+1. The number of carbonyl (C=O) groups is 1. The van der Waals surface area contributed by atoms with E-state index in [4.69, 9.17) is 9.26 Å². The molecule has 20 heavy (non-hydrogen) atoms. The molecule has 0 saturated carbocycles. The fraction of sp³-hybridized carbons (Fsp3) is 0.455. The Morgan fingerprint density at radius 3 is 3.20 bits per heavy atom. The van der Waals surface area contributed by atoms with Crippen LogP contribution < -0.4 is 10.00 Å². The molecule has 1 N–H and O–H groups in total. The van der Waals surface area contributed by atoms with Gasteiger partial charge >= 0.3 is 5.88 Å². The van der Waals surface area contributed by atoms with E-state index in [9.17, 15) is 4.79 Å². The van der Waals surface area contributed by atoms with E-state index in [1.165, 1.54) is 11.8 Å². The maximum atomic E-state index is 11.8. The Labute approximate surface area is 120 Å². The molecule has 8 nitrogen and oxygen atoms in total. The van der Waals surface area contributed by atoms with Crippen LogP contribution in [0.4, 0.5) is 5.88 Å². The summed E-state index contributed by atoms with van der Waals surface area (Å²) in [6.45, 7) is 1.09. The molecule has 0 radical (unpaired) electrons. The van der Waals surface area contributed by atoms with Gasteiger partial charge in [0.15, 0.2) is 5.16 Å². The van der Waals surface area contributed by atoms with Gasteiger partial charge < -0.3 is 9.30 Å². The molecule has 2 aromatic heterocycles. The highest BCUT2D eigenvalue weighted by Crippen LogP contribution is 2.14. The molecule has 0 bridgehead atoms. The van der Waals surface area contributed by atoms with E-state index in [0.29, 0.717) is 19.0 Å². The van der Waals surface area contributed by atoms with Crippen LogP contribution in [0.25, 0.3) is 0 Å². The highest BCUT2D eigenvalue weighted by molar-refractivity contribution is 7.99. The van der Waals surface area contributed by atoms with Crippen LogP contribution in [0.5, 0.6) is 0 Å². The molecule has 108 valence electrons. The van der Waals surface area contributed by atoms with Crippen LogP contribution in [-0.2, 0) is 23.1 Å². The maximum absolute atomic E-state index is 11.8. The summed E-state index contributed by atoms with van der Waals surface area (Å²) in [6, 6.07) is 0. The Morgan fingerprint density at radius 1 is 1.65 bits per heavy atom. The molecule has 0 aliphatic carbocycles. The van der Waals surface area contributed by atoms with E-state index in [1.54, 1.807) is 24.2 Å². The second kappa shape index (κ2) is 7.06. The number of anilines is 1. The predicted octanol–water partition coefficient (Wildman–Crippen LogP) is 0.0728. The molecular formula is C11H16N5O3S+. The van der Waals surface area contributed by atoms with Crippen LogP contribution in [0.3, 0.4) is 0 Å². The average Bonchev–Trinajstić information content (AvgIpc) is 3.03. The Balaban J connectivity index is 1.79. The van der Waals surface area contributed by atoms with Crippen LogP contribution in [0.2, 0.25) is 0 Å². The maximum Gasteiger partial charge on any atom is 0.302 e. The van der Waals surface area contributed by atoms with Gasteiger partial charge in [0.2, 0.25) is 17.7 Å². The number of hydrogen-bond donors (Lipinski definition) is 1. The largest absolute Gasteiger partial charge is 0.378 e. The second-order valence-corrected chi connectivity index (χ2v) is 4.92. The first-order valence-electron chi connectivity index (χ1n) is 5.94. The van der Waals surface area contributed by atoms with Crippen LogP contribution in [0, 0.1) is 0 Å². The number of rotatable bonds is 7. The first kappa shape index (κ1) is 14.5. The van der Waals surface area contributed by atoms with E-state index in [0.717, 1.165) is 5.16 Å². The van der Waals surface area contributed by atoms with Gasteiger partial charge in [0, 0.05) is 26.6 Å². The summed E-state index contributed by atoms with van der Waals surface area (Å²) in [5.41, 5.74) is 0. The minimum absolute atomic E-state index is 0.173. The van der Waals surface area contributed by atoms with Crippen LogP contribution in [0.1, 0.15) is 0 Å². The van der Waals surface area contributed by atoms with Crippen molar-refractivity contribution in [2.45, 2.75) is 11.7 Å². The molecule has 2 aromatic rings. The van der Waals surface area contributed by atoms with Gasteiger partial charge in [-0.15, -0.1) is 0 Å². The number of nitrogens with zero attached hydrogens (tertiary/aromatic N) is 4. The van der Waals surface area contributed by atoms with Gasteiger partial charge in [-0.2, -0.15) is 0 Å². The second-order valence-electron chi connectivity index (χ2n) is 3.98. The van der Waals surface area contributed by atoms with Gasteiger partial charge in [-0.25, -0.2) is 4.98 Å². The first-order chi connectivity index (χ1) is 9.69. The van der Waals surface area contributed by atoms with Crippen molar-refractivity contribution in [2.75, 3.05) is 24.8 Å². The highest BCUT2D eigenvalue weighted by atomic mass is 32.2. The highest BCUT2D eigenvalue weighted by Gasteiger charge is 2.14. The predicted molar refractivity (Wildman–Crippen MR) is 71.1 cm³/mol. The lowest BCUT2D eigenvalue weighted by atomic mass is 10.6. The van der Waals surface area contributed by atoms with E-state index in [2.05, 4.69) is 15.6 Å². The topological polar surface area (TPSA) is 86.1 Å². The van der Waals surface area contributed by atoms with Crippen molar-refractivity contribution in [1.82, 2.24) is 14.8 Å². The van der Waals surface area contributed by atoms with Crippen molar-refractivity contribution >= 4 is 23.6 Å². The van der Waals surface area contributed by atoms with Gasteiger partial charge in [-0.1, -0.05) is 11.8 Å². The summed E-state index contributed by atoms with van der Waals surface area (Å²) in [6.07, 6.45) is 5.13. The molecule has 1 amide bonds. The summed E-state index contributed by atoms with van der Waals surface area (Å²) < 4.78 is 13.3. The molecule has 0 unspecified atom stereocenters. The molecular weight excluding hydrogens is 282 g/mol. The lowest BCUT2D eigenvalue weighted by Gasteiger charge is -2.00. The molecule has 0 aromatic carbocycles. The van der Waals surface area contributed by atoms with Crippen molar-refractivity contribution in [3.8, 4) is 0 Å². The lowest BCUT2D eigenvalue weighted by Crippen LogP contribution is -2.36. The number of thioether (sulfide) groups is 1. The quantitative estimate of drug-likeness (QED) is 0.575. The summed E-state index contributed by atoms with van der Waals surface area (Å²) in [5.74, 6) is 0.392. The number of aromatic nitrogens is 4. The summed E-state index contributed by atoms with van der Waals surface area (Å²) in [4.78, 5) is 15.9. The van der Waals surface area contributed by atoms with Crippen molar-refractivity contribution in [3.63, 3.8) is 0 Å². The van der Waals surface area contributed by atoms with Crippen LogP contribution >= 0.6 is 11.8 Å². The van der Waals surface area contributed by atoms with Gasteiger partial charge in [-0.05, 0) is 4.68 Å². The normalized spacial score (nSPS) is 10.7. The van der Waals surface area contributed by atoms with E-state index in [-0.39, 0.29) is 11.7 Å². The number of ether oxygens (including phenoxy) is 1. The van der Waals surface area contributed by atoms with E-state index < -0.39 is 0 Å². The number of hydrogen-bond acceptors (Lipinski definition) is 6. The first-order valence-corrected chi connectivity index (χ1v) is 6.93. The lowest BCUT2D eigenvalue weighted by molar-refractivity contribution is -0.763. The monoisotopic (exact) mass is 298 g/mol. The van der Waals surface area contributed by atoms with Gasteiger partial charge in [-0.3, -0.25) is 14.6 Å². The van der Waals surface area contributed by atoms with Crippen molar-refractivity contribution < 1.29 is 18.7 Å². The third-order valence-corrected chi connectivity index (χ3v) is 3.46. The van der Waals surface area contributed by atoms with Crippen LogP contribution in [-0.4, -0.2) is 40.2 Å². The summed E-state index contributed by atoms with van der Waals surface area (Å²) in [7, 11) is 3.49. The number of aryl methyl sites for hydroxylation is 1. The molecule has 0 aliphatic heterocycles. The minimum Gasteiger partial charge on any atom is -0.378 e. The zero-order valence-corrected chi connectivity index (χ0v) is 12.1. The Hall–Kier alpha value is -1.87. The number of amides is 1. The Bertz CT molecular complexity index is 568. The molecule has 0 atom stereocenters. The molecule has 0 spiro atoms. The molecule has 9 heteroatoms. The fourth-order valence-electron chi connectivity index (χ4n) is 1.42. The summed E-state index contributed by atoms with van der Waals surface area (Å²) >= 11 is 1.35. The third kappa shape index (κ3) is 4.07. The number of carbonyl (C=O) groups excluding carboxylic acids is 1. The van der Waals surface area contributed by atoms with E-state index in [1.807, 2.05) is 17.8 Å². The fourth-order valence-corrected chi connectivity index (χ4v) is 2.15. The molecule has 2 heterocycles. The van der Waals surface area contributed by atoms with Gasteiger partial charge in [0.1, 0.15) is 6.61 Å². The smallest absolute Gasteiger partial charge is 0.302 e. The van der Waals surface area contributed by atoms with Gasteiger partial charge in [0.25, 0.3) is 6.20 Å². The number of imidazole rings is 1. The molecule has 2 rings (SSSR count). The number of methoxy groups -OCH3 is 1. The molecule has 0 aliphatic rings. The zero-order chi connectivity index (χ0) is 14.4. The summed E-state index contributed by atoms with van der Waals surface area (Å²) in [5, 5.41) is 7.17. The van der Waals surface area contributed by atoms with E-state index >= 15 is 0 Å². The Kier molecular flexibility index (Phi) is 5.13. The van der Waals surface area contributed by atoms with Crippen LogP contribution in [0.15, 0.2) is 28.3 Å². The van der Waals surface area contributed by atoms with Crippen molar-refractivity contribution in [2.24, 2.45) is 7.05 Å².